The molecular weight excluding hydrogens is 266 g/mol. The third-order valence-electron chi connectivity index (χ3n) is 3.59. The zero-order valence-electron chi connectivity index (χ0n) is 12.5. The highest BCUT2D eigenvalue weighted by atomic mass is 16.2. The Morgan fingerprint density at radius 3 is 2.76 bits per heavy atom. The van der Waals surface area contributed by atoms with Gasteiger partial charge in [0.05, 0.1) is 6.04 Å². The Kier molecular flexibility index (Phi) is 5.60. The topological polar surface area (TPSA) is 61.4 Å². The van der Waals surface area contributed by atoms with E-state index in [1.54, 1.807) is 4.90 Å². The van der Waals surface area contributed by atoms with Crippen molar-refractivity contribution in [1.82, 2.24) is 10.6 Å². The Balaban J connectivity index is 1.79. The molecule has 5 heteroatoms. The minimum atomic E-state index is -0.182. The summed E-state index contributed by atoms with van der Waals surface area (Å²) in [5.74, 6) is 0.0532. The predicted molar refractivity (Wildman–Crippen MR) is 83.3 cm³/mol. The Bertz CT molecular complexity index is 476. The Morgan fingerprint density at radius 1 is 1.29 bits per heavy atom. The van der Waals surface area contributed by atoms with Crippen molar-refractivity contribution in [2.45, 2.75) is 38.6 Å². The van der Waals surface area contributed by atoms with Crippen LogP contribution >= 0.6 is 0 Å². The number of nitrogens with one attached hydrogen (secondary N) is 2. The van der Waals surface area contributed by atoms with E-state index in [0.29, 0.717) is 19.5 Å². The molecule has 1 heterocycles. The Morgan fingerprint density at radius 2 is 2.05 bits per heavy atom. The van der Waals surface area contributed by atoms with E-state index < -0.39 is 0 Å². The summed E-state index contributed by atoms with van der Waals surface area (Å²) in [6, 6.07) is 9.25. The van der Waals surface area contributed by atoms with Gasteiger partial charge in [-0.05, 0) is 18.6 Å². The molecule has 2 rings (SSSR count). The number of carbonyl (C=O) groups is 2. The lowest BCUT2D eigenvalue weighted by Crippen LogP contribution is -2.43. The van der Waals surface area contributed by atoms with Crippen LogP contribution in [0.25, 0.3) is 0 Å². The Labute approximate surface area is 125 Å². The summed E-state index contributed by atoms with van der Waals surface area (Å²) in [7, 11) is 0. The molecule has 5 nitrogen and oxygen atoms in total. The van der Waals surface area contributed by atoms with Crippen LogP contribution in [-0.2, 0) is 4.79 Å². The minimum Gasteiger partial charge on any atom is -0.338 e. The molecule has 0 spiro atoms. The van der Waals surface area contributed by atoms with Gasteiger partial charge < -0.3 is 15.5 Å². The molecule has 0 bridgehead atoms. The van der Waals surface area contributed by atoms with Crippen LogP contribution in [0.3, 0.4) is 0 Å². The van der Waals surface area contributed by atoms with E-state index in [4.69, 9.17) is 0 Å². The summed E-state index contributed by atoms with van der Waals surface area (Å²) >= 11 is 0. The average molecular weight is 289 g/mol. The summed E-state index contributed by atoms with van der Waals surface area (Å²) in [5.41, 5.74) is 0.884. The second kappa shape index (κ2) is 7.67. The van der Waals surface area contributed by atoms with Gasteiger partial charge in [0.15, 0.2) is 0 Å². The number of rotatable bonds is 6. The first kappa shape index (κ1) is 15.4. The van der Waals surface area contributed by atoms with Crippen molar-refractivity contribution in [2.24, 2.45) is 0 Å². The lowest BCUT2D eigenvalue weighted by atomic mass is 10.2. The van der Waals surface area contributed by atoms with Gasteiger partial charge in [-0.25, -0.2) is 4.79 Å². The van der Waals surface area contributed by atoms with E-state index in [2.05, 4.69) is 17.6 Å². The molecule has 0 saturated carbocycles. The number of urea groups is 1. The molecule has 1 atom stereocenters. The summed E-state index contributed by atoms with van der Waals surface area (Å²) in [5, 5.41) is 5.71. The molecular formula is C16H23N3O2. The number of carbonyl (C=O) groups excluding carboxylic acids is 2. The van der Waals surface area contributed by atoms with Gasteiger partial charge in [-0.15, -0.1) is 0 Å². The third-order valence-corrected chi connectivity index (χ3v) is 3.59. The zero-order chi connectivity index (χ0) is 15.1. The van der Waals surface area contributed by atoms with Gasteiger partial charge in [0.1, 0.15) is 0 Å². The maximum atomic E-state index is 12.0. The van der Waals surface area contributed by atoms with Crippen LogP contribution in [0.15, 0.2) is 30.3 Å². The highest BCUT2D eigenvalue weighted by molar-refractivity contribution is 5.96. The maximum absolute atomic E-state index is 12.0. The molecule has 2 N–H and O–H groups in total. The van der Waals surface area contributed by atoms with E-state index in [1.807, 2.05) is 30.3 Å². The summed E-state index contributed by atoms with van der Waals surface area (Å²) < 4.78 is 0. The van der Waals surface area contributed by atoms with Crippen LogP contribution < -0.4 is 15.5 Å². The number of amides is 3. The molecule has 1 aromatic rings. The lowest BCUT2D eigenvalue weighted by molar-refractivity contribution is -0.117. The monoisotopic (exact) mass is 289 g/mol. The van der Waals surface area contributed by atoms with Crippen LogP contribution in [0, 0.1) is 0 Å². The van der Waals surface area contributed by atoms with Crippen LogP contribution in [-0.4, -0.2) is 31.1 Å². The molecule has 114 valence electrons. The van der Waals surface area contributed by atoms with Gasteiger partial charge in [-0.1, -0.05) is 38.0 Å². The quantitative estimate of drug-likeness (QED) is 0.789. The molecule has 1 aliphatic heterocycles. The van der Waals surface area contributed by atoms with Gasteiger partial charge in [0, 0.05) is 25.2 Å². The largest absolute Gasteiger partial charge is 0.338 e. The summed E-state index contributed by atoms with van der Waals surface area (Å²) in [6.45, 7) is 3.34. The number of hydrogen-bond acceptors (Lipinski definition) is 2. The molecule has 0 aromatic heterocycles. The number of hydrogen-bond donors (Lipinski definition) is 2. The molecule has 21 heavy (non-hydrogen) atoms. The van der Waals surface area contributed by atoms with E-state index in [-0.39, 0.29) is 18.0 Å². The molecule has 1 aromatic carbocycles. The fourth-order valence-electron chi connectivity index (χ4n) is 2.48. The molecule has 1 saturated heterocycles. The van der Waals surface area contributed by atoms with E-state index in [9.17, 15) is 9.59 Å². The van der Waals surface area contributed by atoms with E-state index in [0.717, 1.165) is 24.9 Å². The van der Waals surface area contributed by atoms with Gasteiger partial charge >= 0.3 is 6.03 Å². The second-order valence-corrected chi connectivity index (χ2v) is 5.35. The van der Waals surface area contributed by atoms with Crippen molar-refractivity contribution in [2.75, 3.05) is 18.0 Å². The smallest absolute Gasteiger partial charge is 0.315 e. The Hall–Kier alpha value is -2.04. The van der Waals surface area contributed by atoms with Crippen LogP contribution in [0.5, 0.6) is 0 Å². The molecule has 1 aliphatic rings. The lowest BCUT2D eigenvalue weighted by Gasteiger charge is -2.17. The first-order valence-corrected chi connectivity index (χ1v) is 7.60. The van der Waals surface area contributed by atoms with Crippen molar-refractivity contribution in [3.63, 3.8) is 0 Å². The van der Waals surface area contributed by atoms with E-state index >= 15 is 0 Å². The van der Waals surface area contributed by atoms with Crippen LogP contribution in [0.1, 0.15) is 32.6 Å². The molecule has 0 radical (unpaired) electrons. The first-order chi connectivity index (χ1) is 10.2. The van der Waals surface area contributed by atoms with Crippen LogP contribution in [0.4, 0.5) is 10.5 Å². The third kappa shape index (κ3) is 4.48. The molecule has 3 amide bonds. The SMILES string of the molecule is CCCCCNC(=O)N[C@@H]1CC(=O)N(c2ccccc2)C1. The standard InChI is InChI=1S/C16H23N3O2/c1-2-3-7-10-17-16(21)18-13-11-15(20)19(12-13)14-8-5-4-6-9-14/h4-6,8-9,13H,2-3,7,10-12H2,1H3,(H2,17,18,21)/t13-/m1/s1. The van der Waals surface area contributed by atoms with Crippen molar-refractivity contribution in [3.05, 3.63) is 30.3 Å². The maximum Gasteiger partial charge on any atom is 0.315 e. The minimum absolute atomic E-state index is 0.0532. The fraction of sp³-hybridized carbons (Fsp3) is 0.500. The first-order valence-electron chi connectivity index (χ1n) is 7.60. The summed E-state index contributed by atoms with van der Waals surface area (Å²) in [4.78, 5) is 25.5. The zero-order valence-corrected chi connectivity index (χ0v) is 12.5. The highest BCUT2D eigenvalue weighted by Crippen LogP contribution is 2.20. The predicted octanol–water partition coefficient (Wildman–Crippen LogP) is 2.28. The number of nitrogens with zero attached hydrogens (tertiary/aromatic N) is 1. The number of para-hydroxylation sites is 1. The number of unbranched alkanes of at least 4 members (excludes halogenated alkanes) is 2. The van der Waals surface area contributed by atoms with Crippen molar-refractivity contribution in [1.29, 1.82) is 0 Å². The van der Waals surface area contributed by atoms with Crippen molar-refractivity contribution >= 4 is 17.6 Å². The average Bonchev–Trinajstić information content (AvgIpc) is 2.85. The number of anilines is 1. The van der Waals surface area contributed by atoms with E-state index in [1.165, 1.54) is 0 Å². The molecule has 1 fully saturated rings. The van der Waals surface area contributed by atoms with Gasteiger partial charge in [0.25, 0.3) is 0 Å². The summed E-state index contributed by atoms with van der Waals surface area (Å²) in [6.07, 6.45) is 3.59. The molecule has 0 unspecified atom stereocenters. The highest BCUT2D eigenvalue weighted by Gasteiger charge is 2.31. The fourth-order valence-corrected chi connectivity index (χ4v) is 2.48. The second-order valence-electron chi connectivity index (χ2n) is 5.35. The van der Waals surface area contributed by atoms with Crippen molar-refractivity contribution < 1.29 is 9.59 Å². The van der Waals surface area contributed by atoms with Gasteiger partial charge in [0.2, 0.25) is 5.91 Å². The van der Waals surface area contributed by atoms with Gasteiger partial charge in [-0.3, -0.25) is 4.79 Å². The normalized spacial score (nSPS) is 17.9. The van der Waals surface area contributed by atoms with Gasteiger partial charge in [-0.2, -0.15) is 0 Å². The van der Waals surface area contributed by atoms with Crippen LogP contribution in [0.2, 0.25) is 0 Å². The number of benzene rings is 1. The van der Waals surface area contributed by atoms with Crippen molar-refractivity contribution in [3.8, 4) is 0 Å². The molecule has 0 aliphatic carbocycles.